The summed E-state index contributed by atoms with van der Waals surface area (Å²) in [7, 11) is 1.04. The molecule has 0 bridgehead atoms. The van der Waals surface area contributed by atoms with Crippen LogP contribution in [0.3, 0.4) is 0 Å². The highest BCUT2D eigenvalue weighted by molar-refractivity contribution is 6.85. The molecule has 0 unspecified atom stereocenters. The van der Waals surface area contributed by atoms with Crippen LogP contribution in [-0.2, 0) is 18.2 Å². The van der Waals surface area contributed by atoms with E-state index in [0.29, 0.717) is 12.3 Å². The van der Waals surface area contributed by atoms with Gasteiger partial charge < -0.3 is 9.30 Å². The first kappa shape index (κ1) is 18.2. The summed E-state index contributed by atoms with van der Waals surface area (Å²) in [5.74, 6) is -0.252. The number of ether oxygens (including phenoxy) is 1. The van der Waals surface area contributed by atoms with Gasteiger partial charge in [-0.15, -0.1) is 0 Å². The van der Waals surface area contributed by atoms with Crippen LogP contribution in [0.2, 0.25) is 6.04 Å². The Balaban J connectivity index is 1.79. The first-order chi connectivity index (χ1) is 12.7. The van der Waals surface area contributed by atoms with Gasteiger partial charge in [-0.05, 0) is 31.0 Å². The monoisotopic (exact) mass is 362 g/mol. The molecular formula is C22H24NO2Si. The van der Waals surface area contributed by atoms with Crippen molar-refractivity contribution in [3.05, 3.63) is 84.2 Å². The summed E-state index contributed by atoms with van der Waals surface area (Å²) in [6.07, 6.45) is 2.99. The second-order valence-corrected chi connectivity index (χ2v) is 8.89. The summed E-state index contributed by atoms with van der Waals surface area (Å²) in [5.41, 5.74) is 1.81. The largest absolute Gasteiger partial charge is 0.461 e. The fourth-order valence-corrected chi connectivity index (χ4v) is 5.82. The van der Waals surface area contributed by atoms with Crippen LogP contribution in [0.5, 0.6) is 0 Å². The van der Waals surface area contributed by atoms with E-state index in [0.717, 1.165) is 12.5 Å². The number of hydrogen-bond acceptors (Lipinski definition) is 2. The zero-order valence-electron chi connectivity index (χ0n) is 15.3. The molecule has 0 amide bonds. The lowest BCUT2D eigenvalue weighted by atomic mass is 10.2. The van der Waals surface area contributed by atoms with Gasteiger partial charge in [0, 0.05) is 13.2 Å². The highest BCUT2D eigenvalue weighted by Crippen LogP contribution is 2.13. The van der Waals surface area contributed by atoms with Crippen molar-refractivity contribution in [2.45, 2.75) is 19.4 Å². The quantitative estimate of drug-likeness (QED) is 0.478. The molecule has 0 aliphatic carbocycles. The molecule has 3 rings (SSSR count). The molecule has 0 fully saturated rings. The van der Waals surface area contributed by atoms with Crippen molar-refractivity contribution in [3.63, 3.8) is 0 Å². The van der Waals surface area contributed by atoms with Crippen molar-refractivity contribution in [2.24, 2.45) is 7.05 Å². The average molecular weight is 363 g/mol. The molecule has 3 aromatic rings. The highest BCUT2D eigenvalue weighted by atomic mass is 28.3. The number of rotatable bonds is 7. The van der Waals surface area contributed by atoms with E-state index in [1.165, 1.54) is 15.9 Å². The molecule has 0 saturated heterocycles. The van der Waals surface area contributed by atoms with E-state index in [1.54, 1.807) is 0 Å². The molecule has 1 aromatic heterocycles. The van der Waals surface area contributed by atoms with E-state index in [1.807, 2.05) is 30.8 Å². The topological polar surface area (TPSA) is 31.2 Å². The zero-order valence-corrected chi connectivity index (χ0v) is 16.3. The van der Waals surface area contributed by atoms with Crippen molar-refractivity contribution in [3.8, 4) is 0 Å². The zero-order chi connectivity index (χ0) is 18.4. The highest BCUT2D eigenvalue weighted by Gasteiger charge is 2.18. The first-order valence-corrected chi connectivity index (χ1v) is 10.7. The summed E-state index contributed by atoms with van der Waals surface area (Å²) >= 11 is 0. The van der Waals surface area contributed by atoms with Gasteiger partial charge in [0.15, 0.2) is 0 Å². The number of esters is 1. The maximum absolute atomic E-state index is 12.0. The third kappa shape index (κ3) is 4.32. The molecule has 1 heterocycles. The molecule has 1 radical (unpaired) electrons. The summed E-state index contributed by atoms with van der Waals surface area (Å²) in [5, 5.41) is 2.84. The number of carbonyl (C=O) groups excluding carboxylic acids is 1. The SMILES string of the molecule is CCOC(=O)c1cc(CC[Si](c2ccccc2)c2ccccc2)cn1C. The van der Waals surface area contributed by atoms with Gasteiger partial charge in [0.2, 0.25) is 0 Å². The van der Waals surface area contributed by atoms with Gasteiger partial charge in [-0.3, -0.25) is 0 Å². The Labute approximate surface area is 156 Å². The molecule has 0 aliphatic heterocycles. The molecule has 133 valence electrons. The minimum Gasteiger partial charge on any atom is -0.461 e. The first-order valence-electron chi connectivity index (χ1n) is 8.98. The van der Waals surface area contributed by atoms with Gasteiger partial charge in [0.25, 0.3) is 0 Å². The van der Waals surface area contributed by atoms with Gasteiger partial charge in [0.05, 0.1) is 6.61 Å². The Bertz CT molecular complexity index is 804. The number of aromatic nitrogens is 1. The second-order valence-electron chi connectivity index (χ2n) is 6.28. The van der Waals surface area contributed by atoms with Crippen molar-refractivity contribution in [2.75, 3.05) is 6.61 Å². The van der Waals surface area contributed by atoms with Crippen LogP contribution in [-0.4, -0.2) is 25.9 Å². The van der Waals surface area contributed by atoms with Gasteiger partial charge >= 0.3 is 5.97 Å². The van der Waals surface area contributed by atoms with Crippen LogP contribution in [0.15, 0.2) is 72.9 Å². The van der Waals surface area contributed by atoms with E-state index in [2.05, 4.69) is 60.7 Å². The van der Waals surface area contributed by atoms with Crippen molar-refractivity contribution >= 4 is 25.1 Å². The fraction of sp³-hybridized carbons (Fsp3) is 0.227. The molecule has 26 heavy (non-hydrogen) atoms. The number of nitrogens with zero attached hydrogens (tertiary/aromatic N) is 1. The molecule has 0 atom stereocenters. The maximum atomic E-state index is 12.0. The minimum atomic E-state index is -0.856. The van der Waals surface area contributed by atoms with Crippen LogP contribution in [0.1, 0.15) is 23.0 Å². The molecule has 0 aliphatic rings. The van der Waals surface area contributed by atoms with Gasteiger partial charge in [0.1, 0.15) is 14.5 Å². The van der Waals surface area contributed by atoms with Crippen LogP contribution in [0, 0.1) is 0 Å². The second kappa shape index (κ2) is 8.67. The Morgan fingerprint density at radius 1 is 1.00 bits per heavy atom. The summed E-state index contributed by atoms with van der Waals surface area (Å²) < 4.78 is 7.00. The lowest BCUT2D eigenvalue weighted by Crippen LogP contribution is -2.42. The predicted molar refractivity (Wildman–Crippen MR) is 108 cm³/mol. The number of aryl methyl sites for hydroxylation is 2. The van der Waals surface area contributed by atoms with E-state index in [4.69, 9.17) is 4.74 Å². The molecule has 0 saturated carbocycles. The predicted octanol–water partition coefficient (Wildman–Crippen LogP) is 3.05. The summed E-state index contributed by atoms with van der Waals surface area (Å²) in [4.78, 5) is 12.0. The molecule has 4 heteroatoms. The minimum absolute atomic E-state index is 0.252. The Morgan fingerprint density at radius 3 is 2.12 bits per heavy atom. The summed E-state index contributed by atoms with van der Waals surface area (Å²) in [6, 6.07) is 24.6. The third-order valence-electron chi connectivity index (χ3n) is 4.45. The van der Waals surface area contributed by atoms with Crippen molar-refractivity contribution in [1.29, 1.82) is 0 Å². The standard InChI is InChI=1S/C22H24NO2Si/c1-3-25-22(24)21-16-18(17-23(21)2)14-15-26(19-10-6-4-7-11-19)20-12-8-5-9-13-20/h4-13,16-17H,3,14-15H2,1-2H3. The molecule has 0 N–H and O–H groups in total. The maximum Gasteiger partial charge on any atom is 0.354 e. The molecular weight excluding hydrogens is 338 g/mol. The molecule has 3 nitrogen and oxygen atoms in total. The van der Waals surface area contributed by atoms with Crippen molar-refractivity contribution in [1.82, 2.24) is 4.57 Å². The van der Waals surface area contributed by atoms with Crippen molar-refractivity contribution < 1.29 is 9.53 Å². The van der Waals surface area contributed by atoms with Gasteiger partial charge in [-0.25, -0.2) is 4.79 Å². The van der Waals surface area contributed by atoms with E-state index in [9.17, 15) is 4.79 Å². The number of carbonyl (C=O) groups is 1. The number of benzene rings is 2. The Hall–Kier alpha value is -2.59. The number of hydrogen-bond donors (Lipinski definition) is 0. The smallest absolute Gasteiger partial charge is 0.354 e. The van der Waals surface area contributed by atoms with Gasteiger partial charge in [-0.2, -0.15) is 0 Å². The van der Waals surface area contributed by atoms with E-state index < -0.39 is 8.80 Å². The lowest BCUT2D eigenvalue weighted by Gasteiger charge is -2.15. The lowest BCUT2D eigenvalue weighted by molar-refractivity contribution is 0.0515. The van der Waals surface area contributed by atoms with E-state index >= 15 is 0 Å². The molecule has 0 spiro atoms. The normalized spacial score (nSPS) is 10.9. The van der Waals surface area contributed by atoms with Crippen LogP contribution in [0.4, 0.5) is 0 Å². The van der Waals surface area contributed by atoms with Gasteiger partial charge in [-0.1, -0.05) is 71.0 Å². The Morgan fingerprint density at radius 2 is 1.58 bits per heavy atom. The molecule has 2 aromatic carbocycles. The van der Waals surface area contributed by atoms with Crippen LogP contribution in [0.25, 0.3) is 0 Å². The van der Waals surface area contributed by atoms with Crippen LogP contribution >= 0.6 is 0 Å². The summed E-state index contributed by atoms with van der Waals surface area (Å²) in [6.45, 7) is 2.23. The van der Waals surface area contributed by atoms with E-state index in [-0.39, 0.29) is 5.97 Å². The Kier molecular flexibility index (Phi) is 6.07. The third-order valence-corrected chi connectivity index (χ3v) is 7.26. The fourth-order valence-electron chi connectivity index (χ4n) is 3.18. The average Bonchev–Trinajstić information content (AvgIpc) is 3.05. The van der Waals surface area contributed by atoms with Crippen LogP contribution < -0.4 is 10.4 Å².